The van der Waals surface area contributed by atoms with Gasteiger partial charge >= 0.3 is 0 Å². The largest absolute Gasteiger partial charge is 0.480 e. The third-order valence-electron chi connectivity index (χ3n) is 3.31. The predicted molar refractivity (Wildman–Crippen MR) is 101 cm³/mol. The first kappa shape index (κ1) is 19.3. The van der Waals surface area contributed by atoms with Crippen LogP contribution in [0.5, 0.6) is 5.75 Å². The van der Waals surface area contributed by atoms with Gasteiger partial charge in [0.25, 0.3) is 11.8 Å². The maximum absolute atomic E-state index is 12.1. The van der Waals surface area contributed by atoms with Crippen molar-refractivity contribution in [3.05, 3.63) is 63.6 Å². The van der Waals surface area contributed by atoms with Gasteiger partial charge in [-0.1, -0.05) is 29.8 Å². The molecule has 2 aromatic rings. The summed E-state index contributed by atoms with van der Waals surface area (Å²) in [5.41, 5.74) is 0.582. The van der Waals surface area contributed by atoms with E-state index in [-0.39, 0.29) is 11.8 Å². The van der Waals surface area contributed by atoms with Gasteiger partial charge in [-0.25, -0.2) is 0 Å². The summed E-state index contributed by atoms with van der Waals surface area (Å²) >= 11 is 9.21. The van der Waals surface area contributed by atoms with Crippen molar-refractivity contribution in [2.75, 3.05) is 13.1 Å². The van der Waals surface area contributed by atoms with Crippen molar-refractivity contribution >= 4 is 39.3 Å². The zero-order valence-corrected chi connectivity index (χ0v) is 15.9. The van der Waals surface area contributed by atoms with Crippen molar-refractivity contribution in [3.63, 3.8) is 0 Å². The number of hydrogen-bond acceptors (Lipinski definition) is 3. The van der Waals surface area contributed by atoms with Gasteiger partial charge in [0.15, 0.2) is 6.10 Å². The monoisotopic (exact) mass is 424 g/mol. The zero-order chi connectivity index (χ0) is 18.2. The van der Waals surface area contributed by atoms with E-state index in [1.165, 1.54) is 0 Å². The average molecular weight is 426 g/mol. The molecule has 0 saturated heterocycles. The summed E-state index contributed by atoms with van der Waals surface area (Å²) in [6.45, 7) is 2.29. The standard InChI is InChI=1S/C18H18BrClN2O3/c1-12(25-16-8-7-14(20)11-15(16)19)17(23)21-9-10-22-18(24)13-5-3-2-4-6-13/h2-8,11-12H,9-10H2,1H3,(H,21,23)(H,22,24)/t12-/m1/s1. The molecular formula is C18H18BrClN2O3. The van der Waals surface area contributed by atoms with E-state index in [4.69, 9.17) is 16.3 Å². The second kappa shape index (κ2) is 9.44. The Kier molecular flexibility index (Phi) is 7.28. The molecule has 5 nitrogen and oxygen atoms in total. The first-order valence-electron chi connectivity index (χ1n) is 7.70. The molecule has 0 aliphatic heterocycles. The van der Waals surface area contributed by atoms with Crippen LogP contribution in [0.15, 0.2) is 53.0 Å². The Hall–Kier alpha value is -2.05. The van der Waals surface area contributed by atoms with Crippen LogP contribution < -0.4 is 15.4 Å². The molecule has 2 rings (SSSR count). The molecule has 0 radical (unpaired) electrons. The van der Waals surface area contributed by atoms with Gasteiger partial charge in [-0.05, 0) is 53.2 Å². The minimum atomic E-state index is -0.678. The quantitative estimate of drug-likeness (QED) is 0.668. The molecule has 0 aromatic heterocycles. The highest BCUT2D eigenvalue weighted by molar-refractivity contribution is 9.10. The molecule has 0 spiro atoms. The lowest BCUT2D eigenvalue weighted by molar-refractivity contribution is -0.127. The van der Waals surface area contributed by atoms with Crippen LogP contribution in [0.4, 0.5) is 0 Å². The molecule has 2 amide bonds. The number of hydrogen-bond donors (Lipinski definition) is 2. The van der Waals surface area contributed by atoms with Gasteiger partial charge in [-0.15, -0.1) is 0 Å². The number of halogens is 2. The Bertz CT molecular complexity index is 740. The molecule has 7 heteroatoms. The highest BCUT2D eigenvalue weighted by Crippen LogP contribution is 2.28. The van der Waals surface area contributed by atoms with Crippen LogP contribution >= 0.6 is 27.5 Å². The fraction of sp³-hybridized carbons (Fsp3) is 0.222. The van der Waals surface area contributed by atoms with Gasteiger partial charge in [0.05, 0.1) is 4.47 Å². The molecule has 0 aliphatic rings. The maximum atomic E-state index is 12.1. The van der Waals surface area contributed by atoms with E-state index in [0.717, 1.165) is 0 Å². The van der Waals surface area contributed by atoms with E-state index in [1.54, 1.807) is 49.4 Å². The molecule has 0 fully saturated rings. The van der Waals surface area contributed by atoms with Gasteiger partial charge in [0.1, 0.15) is 5.75 Å². The number of carbonyl (C=O) groups excluding carboxylic acids is 2. The Morgan fingerprint density at radius 1 is 1.12 bits per heavy atom. The SMILES string of the molecule is C[C@@H](Oc1ccc(Cl)cc1Br)C(=O)NCCNC(=O)c1ccccc1. The lowest BCUT2D eigenvalue weighted by Crippen LogP contribution is -2.40. The fourth-order valence-electron chi connectivity index (χ4n) is 2.01. The summed E-state index contributed by atoms with van der Waals surface area (Å²) in [6.07, 6.45) is -0.678. The van der Waals surface area contributed by atoms with Crippen molar-refractivity contribution in [2.45, 2.75) is 13.0 Å². The topological polar surface area (TPSA) is 67.4 Å². The summed E-state index contributed by atoms with van der Waals surface area (Å²) in [5.74, 6) is 0.0875. The first-order valence-corrected chi connectivity index (χ1v) is 8.87. The molecule has 1 atom stereocenters. The number of amides is 2. The number of ether oxygens (including phenoxy) is 1. The van der Waals surface area contributed by atoms with Gasteiger partial charge in [0.2, 0.25) is 0 Å². The minimum absolute atomic E-state index is 0.177. The molecule has 0 saturated carbocycles. The zero-order valence-electron chi connectivity index (χ0n) is 13.6. The van der Waals surface area contributed by atoms with Crippen LogP contribution in [0.2, 0.25) is 5.02 Å². The van der Waals surface area contributed by atoms with E-state index in [2.05, 4.69) is 26.6 Å². The predicted octanol–water partition coefficient (Wildman–Crippen LogP) is 3.42. The van der Waals surface area contributed by atoms with Crippen molar-refractivity contribution in [2.24, 2.45) is 0 Å². The highest BCUT2D eigenvalue weighted by Gasteiger charge is 2.15. The maximum Gasteiger partial charge on any atom is 0.260 e. The number of rotatable bonds is 7. The lowest BCUT2D eigenvalue weighted by Gasteiger charge is -2.16. The van der Waals surface area contributed by atoms with Gasteiger partial charge in [-0.2, -0.15) is 0 Å². The minimum Gasteiger partial charge on any atom is -0.480 e. The van der Waals surface area contributed by atoms with Crippen LogP contribution in [0.3, 0.4) is 0 Å². The Balaban J connectivity index is 1.73. The summed E-state index contributed by atoms with van der Waals surface area (Å²) in [5, 5.41) is 6.04. The van der Waals surface area contributed by atoms with Crippen molar-refractivity contribution in [3.8, 4) is 5.75 Å². The molecule has 132 valence electrons. The Morgan fingerprint density at radius 2 is 1.80 bits per heavy atom. The van der Waals surface area contributed by atoms with E-state index in [1.807, 2.05) is 6.07 Å². The molecule has 0 aliphatic carbocycles. The molecule has 2 N–H and O–H groups in total. The normalized spacial score (nSPS) is 11.5. The molecule has 2 aromatic carbocycles. The van der Waals surface area contributed by atoms with E-state index < -0.39 is 6.10 Å². The average Bonchev–Trinajstić information content (AvgIpc) is 2.61. The van der Waals surface area contributed by atoms with Crippen molar-refractivity contribution < 1.29 is 14.3 Å². The lowest BCUT2D eigenvalue weighted by atomic mass is 10.2. The van der Waals surface area contributed by atoms with Crippen LogP contribution in [0.25, 0.3) is 0 Å². The molecule has 0 heterocycles. The highest BCUT2D eigenvalue weighted by atomic mass is 79.9. The van der Waals surface area contributed by atoms with E-state index >= 15 is 0 Å². The van der Waals surface area contributed by atoms with Crippen molar-refractivity contribution in [1.29, 1.82) is 0 Å². The van der Waals surface area contributed by atoms with Crippen LogP contribution in [0, 0.1) is 0 Å². The first-order chi connectivity index (χ1) is 12.0. The summed E-state index contributed by atoms with van der Waals surface area (Å²) in [6, 6.07) is 14.0. The van der Waals surface area contributed by atoms with Gasteiger partial charge < -0.3 is 15.4 Å². The summed E-state index contributed by atoms with van der Waals surface area (Å²) in [4.78, 5) is 23.9. The summed E-state index contributed by atoms with van der Waals surface area (Å²) in [7, 11) is 0. The second-order valence-corrected chi connectivity index (χ2v) is 6.54. The number of carbonyl (C=O) groups is 2. The number of benzene rings is 2. The van der Waals surface area contributed by atoms with Crippen LogP contribution in [-0.4, -0.2) is 31.0 Å². The third kappa shape index (κ3) is 6.07. The van der Waals surface area contributed by atoms with Gasteiger partial charge in [-0.3, -0.25) is 9.59 Å². The molecule has 0 unspecified atom stereocenters. The van der Waals surface area contributed by atoms with E-state index in [0.29, 0.717) is 33.9 Å². The second-order valence-electron chi connectivity index (χ2n) is 5.25. The van der Waals surface area contributed by atoms with Gasteiger partial charge in [0, 0.05) is 23.7 Å². The Morgan fingerprint density at radius 3 is 2.48 bits per heavy atom. The summed E-state index contributed by atoms with van der Waals surface area (Å²) < 4.78 is 6.28. The molecular weight excluding hydrogens is 408 g/mol. The smallest absolute Gasteiger partial charge is 0.260 e. The Labute approximate surface area is 159 Å². The fourth-order valence-corrected chi connectivity index (χ4v) is 2.79. The molecule has 0 bridgehead atoms. The van der Waals surface area contributed by atoms with E-state index in [9.17, 15) is 9.59 Å². The third-order valence-corrected chi connectivity index (χ3v) is 4.17. The van der Waals surface area contributed by atoms with Crippen molar-refractivity contribution in [1.82, 2.24) is 10.6 Å². The molecule has 25 heavy (non-hydrogen) atoms. The van der Waals surface area contributed by atoms with Crippen LogP contribution in [-0.2, 0) is 4.79 Å². The van der Waals surface area contributed by atoms with Crippen LogP contribution in [0.1, 0.15) is 17.3 Å². The number of nitrogens with one attached hydrogen (secondary N) is 2.